The number of carbonyl (C=O) groups excluding carboxylic acids is 3. The van der Waals surface area contributed by atoms with Gasteiger partial charge in [-0.25, -0.2) is 0 Å². The Labute approximate surface area is 171 Å². The van der Waals surface area contributed by atoms with E-state index in [1.807, 2.05) is 23.1 Å². The highest BCUT2D eigenvalue weighted by Gasteiger charge is 2.38. The van der Waals surface area contributed by atoms with E-state index in [0.29, 0.717) is 6.54 Å². The lowest BCUT2D eigenvalue weighted by molar-refractivity contribution is -0.127. The third kappa shape index (κ3) is 3.65. The van der Waals surface area contributed by atoms with E-state index in [1.165, 1.54) is 19.3 Å². The minimum Gasteiger partial charge on any atom is -0.353 e. The van der Waals surface area contributed by atoms with Gasteiger partial charge in [0.25, 0.3) is 0 Å². The second-order valence-corrected chi connectivity index (χ2v) is 9.08. The van der Waals surface area contributed by atoms with Crippen molar-refractivity contribution in [2.24, 2.45) is 11.8 Å². The van der Waals surface area contributed by atoms with Crippen molar-refractivity contribution in [3.63, 3.8) is 0 Å². The van der Waals surface area contributed by atoms with Gasteiger partial charge in [-0.05, 0) is 55.9 Å². The predicted octanol–water partition coefficient (Wildman–Crippen LogP) is 2.79. The Morgan fingerprint density at radius 1 is 1.00 bits per heavy atom. The van der Waals surface area contributed by atoms with E-state index in [-0.39, 0.29) is 42.0 Å². The van der Waals surface area contributed by atoms with E-state index in [1.54, 1.807) is 4.90 Å². The molecule has 2 aliphatic heterocycles. The molecule has 3 amide bonds. The molecule has 4 aliphatic rings. The maximum atomic E-state index is 12.7. The lowest BCUT2D eigenvalue weighted by Crippen LogP contribution is -2.40. The van der Waals surface area contributed by atoms with Gasteiger partial charge in [0, 0.05) is 42.8 Å². The van der Waals surface area contributed by atoms with Gasteiger partial charge in [-0.1, -0.05) is 19.3 Å². The summed E-state index contributed by atoms with van der Waals surface area (Å²) < 4.78 is 0. The number of nitrogens with zero attached hydrogens (tertiary/aromatic N) is 2. The molecule has 0 bridgehead atoms. The van der Waals surface area contributed by atoms with Gasteiger partial charge in [0.2, 0.25) is 17.7 Å². The van der Waals surface area contributed by atoms with Crippen molar-refractivity contribution in [2.75, 3.05) is 22.9 Å². The molecule has 5 rings (SSSR count). The zero-order valence-corrected chi connectivity index (χ0v) is 16.9. The summed E-state index contributed by atoms with van der Waals surface area (Å²) in [6.07, 6.45) is 8.84. The second kappa shape index (κ2) is 7.47. The third-order valence-corrected chi connectivity index (χ3v) is 6.91. The summed E-state index contributed by atoms with van der Waals surface area (Å²) in [4.78, 5) is 41.4. The Morgan fingerprint density at radius 2 is 1.79 bits per heavy atom. The molecule has 6 heteroatoms. The predicted molar refractivity (Wildman–Crippen MR) is 111 cm³/mol. The molecular formula is C23H29N3O3. The van der Waals surface area contributed by atoms with Crippen LogP contribution in [0, 0.1) is 11.8 Å². The SMILES string of the molecule is O=C(NC1CCCCC1)C1CC(=O)N(c2ccc3c(c2)CCN3C(=O)C2CC2)C1. The van der Waals surface area contributed by atoms with Crippen molar-refractivity contribution in [2.45, 2.75) is 63.8 Å². The molecule has 1 aromatic rings. The lowest BCUT2D eigenvalue weighted by Gasteiger charge is -2.24. The first kappa shape index (κ1) is 18.6. The monoisotopic (exact) mass is 395 g/mol. The molecule has 1 saturated heterocycles. The van der Waals surface area contributed by atoms with E-state index in [4.69, 9.17) is 0 Å². The number of anilines is 2. The minimum atomic E-state index is -0.273. The highest BCUT2D eigenvalue weighted by atomic mass is 16.2. The number of benzene rings is 1. The first-order chi connectivity index (χ1) is 14.1. The van der Waals surface area contributed by atoms with Crippen LogP contribution in [0.4, 0.5) is 11.4 Å². The minimum absolute atomic E-state index is 0.0117. The molecule has 1 atom stereocenters. The number of fused-ring (bicyclic) bond motifs is 1. The van der Waals surface area contributed by atoms with E-state index >= 15 is 0 Å². The number of rotatable bonds is 4. The van der Waals surface area contributed by atoms with Gasteiger partial charge in [0.15, 0.2) is 0 Å². The van der Waals surface area contributed by atoms with Crippen LogP contribution in [0.3, 0.4) is 0 Å². The largest absolute Gasteiger partial charge is 0.353 e. The summed E-state index contributed by atoms with van der Waals surface area (Å²) in [5.74, 6) is 0.218. The summed E-state index contributed by atoms with van der Waals surface area (Å²) in [5.41, 5.74) is 2.96. The molecule has 0 radical (unpaired) electrons. The van der Waals surface area contributed by atoms with Crippen LogP contribution in [0.2, 0.25) is 0 Å². The van der Waals surface area contributed by atoms with Gasteiger partial charge >= 0.3 is 0 Å². The molecule has 1 unspecified atom stereocenters. The standard InChI is InChI=1S/C23H29N3O3/c27-21-13-17(22(28)24-18-4-2-1-3-5-18)14-26(21)19-8-9-20-16(12-19)10-11-25(20)23(29)15-6-7-15/h8-9,12,15,17-18H,1-7,10-11,13-14H2,(H,24,28). The van der Waals surface area contributed by atoms with Gasteiger partial charge in [-0.3, -0.25) is 14.4 Å². The topological polar surface area (TPSA) is 69.7 Å². The van der Waals surface area contributed by atoms with Crippen LogP contribution in [0.15, 0.2) is 18.2 Å². The number of hydrogen-bond donors (Lipinski definition) is 1. The zero-order chi connectivity index (χ0) is 20.0. The number of nitrogens with one attached hydrogen (secondary N) is 1. The molecule has 6 nitrogen and oxygen atoms in total. The summed E-state index contributed by atoms with van der Waals surface area (Å²) in [6.45, 7) is 1.18. The number of carbonyl (C=O) groups is 3. The number of amides is 3. The fourth-order valence-electron chi connectivity index (χ4n) is 5.03. The fourth-order valence-corrected chi connectivity index (χ4v) is 5.03. The molecule has 2 aliphatic carbocycles. The summed E-state index contributed by atoms with van der Waals surface area (Å²) >= 11 is 0. The molecule has 154 valence electrons. The van der Waals surface area contributed by atoms with E-state index in [0.717, 1.165) is 55.6 Å². The highest BCUT2D eigenvalue weighted by Crippen LogP contribution is 2.38. The van der Waals surface area contributed by atoms with Gasteiger partial charge in [0.05, 0.1) is 5.92 Å². The Hall–Kier alpha value is -2.37. The maximum absolute atomic E-state index is 12.7. The van der Waals surface area contributed by atoms with Crippen molar-refractivity contribution >= 4 is 29.1 Å². The molecule has 0 aromatic heterocycles. The molecule has 1 N–H and O–H groups in total. The highest BCUT2D eigenvalue weighted by molar-refractivity contribution is 6.02. The molecule has 0 spiro atoms. The quantitative estimate of drug-likeness (QED) is 0.852. The summed E-state index contributed by atoms with van der Waals surface area (Å²) in [5, 5.41) is 3.17. The van der Waals surface area contributed by atoms with Crippen molar-refractivity contribution in [3.8, 4) is 0 Å². The van der Waals surface area contributed by atoms with Crippen molar-refractivity contribution in [1.82, 2.24) is 5.32 Å². The second-order valence-electron chi connectivity index (χ2n) is 9.08. The Morgan fingerprint density at radius 3 is 2.55 bits per heavy atom. The Kier molecular flexibility index (Phi) is 4.80. The average Bonchev–Trinajstić information content (AvgIpc) is 3.38. The first-order valence-corrected chi connectivity index (χ1v) is 11.1. The van der Waals surface area contributed by atoms with Crippen molar-refractivity contribution < 1.29 is 14.4 Å². The van der Waals surface area contributed by atoms with Crippen LogP contribution < -0.4 is 15.1 Å². The molecular weight excluding hydrogens is 366 g/mol. The summed E-state index contributed by atoms with van der Waals surface area (Å²) in [6, 6.07) is 6.21. The smallest absolute Gasteiger partial charge is 0.230 e. The van der Waals surface area contributed by atoms with Crippen molar-refractivity contribution in [1.29, 1.82) is 0 Å². The van der Waals surface area contributed by atoms with Gasteiger partial charge in [0.1, 0.15) is 0 Å². The van der Waals surface area contributed by atoms with Gasteiger partial charge in [-0.2, -0.15) is 0 Å². The van der Waals surface area contributed by atoms with Crippen LogP contribution in [0.5, 0.6) is 0 Å². The van der Waals surface area contributed by atoms with Crippen LogP contribution >= 0.6 is 0 Å². The third-order valence-electron chi connectivity index (χ3n) is 6.91. The van der Waals surface area contributed by atoms with Gasteiger partial charge < -0.3 is 15.1 Å². The molecule has 1 aromatic carbocycles. The Bertz CT molecular complexity index is 842. The van der Waals surface area contributed by atoms with Crippen LogP contribution in [0.1, 0.15) is 56.9 Å². The van der Waals surface area contributed by atoms with E-state index in [2.05, 4.69) is 5.32 Å². The Balaban J connectivity index is 1.26. The van der Waals surface area contributed by atoms with Crippen LogP contribution in [0.25, 0.3) is 0 Å². The molecule has 29 heavy (non-hydrogen) atoms. The molecule has 2 heterocycles. The van der Waals surface area contributed by atoms with Gasteiger partial charge in [-0.15, -0.1) is 0 Å². The van der Waals surface area contributed by atoms with Crippen molar-refractivity contribution in [3.05, 3.63) is 23.8 Å². The zero-order valence-electron chi connectivity index (χ0n) is 16.9. The van der Waals surface area contributed by atoms with Crippen LogP contribution in [-0.2, 0) is 20.8 Å². The molecule has 2 saturated carbocycles. The van der Waals surface area contributed by atoms with E-state index in [9.17, 15) is 14.4 Å². The lowest BCUT2D eigenvalue weighted by atomic mass is 9.95. The molecule has 3 fully saturated rings. The van der Waals surface area contributed by atoms with Crippen LogP contribution in [-0.4, -0.2) is 36.9 Å². The maximum Gasteiger partial charge on any atom is 0.230 e. The first-order valence-electron chi connectivity index (χ1n) is 11.1. The fraction of sp³-hybridized carbons (Fsp3) is 0.609. The normalized spacial score (nSPS) is 24.7. The van der Waals surface area contributed by atoms with E-state index < -0.39 is 0 Å². The number of hydrogen-bond acceptors (Lipinski definition) is 3. The summed E-state index contributed by atoms with van der Waals surface area (Å²) in [7, 11) is 0. The average molecular weight is 396 g/mol.